The molecule has 0 atom stereocenters. The van der Waals surface area contributed by atoms with E-state index in [0.717, 1.165) is 30.8 Å². The highest BCUT2D eigenvalue weighted by Crippen LogP contribution is 2.32. The van der Waals surface area contributed by atoms with E-state index in [9.17, 15) is 0 Å². The quantitative estimate of drug-likeness (QED) is 0.834. The third-order valence-corrected chi connectivity index (χ3v) is 3.54. The smallest absolute Gasteiger partial charge is 0.0983 e. The Morgan fingerprint density at radius 3 is 2.94 bits per heavy atom. The van der Waals surface area contributed by atoms with Gasteiger partial charge in [-0.3, -0.25) is 5.10 Å². The SMILES string of the molecule is Clc1ccc(-c2n[nH]c3c2CNCC3)c(Cl)c1. The molecular weight excluding hydrogens is 257 g/mol. The van der Waals surface area contributed by atoms with Gasteiger partial charge in [-0.1, -0.05) is 23.2 Å². The minimum Gasteiger partial charge on any atom is -0.312 e. The Kier molecular flexibility index (Phi) is 2.82. The lowest BCUT2D eigenvalue weighted by Crippen LogP contribution is -2.23. The van der Waals surface area contributed by atoms with Crippen LogP contribution in [0, 0.1) is 0 Å². The van der Waals surface area contributed by atoms with Crippen LogP contribution in [0.1, 0.15) is 11.3 Å². The van der Waals surface area contributed by atoms with Gasteiger partial charge in [-0.2, -0.15) is 5.10 Å². The number of fused-ring (bicyclic) bond motifs is 1. The Balaban J connectivity index is 2.12. The van der Waals surface area contributed by atoms with Crippen molar-refractivity contribution in [3.63, 3.8) is 0 Å². The Hall–Kier alpha value is -1.03. The van der Waals surface area contributed by atoms with E-state index in [1.807, 2.05) is 12.1 Å². The molecule has 0 radical (unpaired) electrons. The van der Waals surface area contributed by atoms with Crippen molar-refractivity contribution >= 4 is 23.2 Å². The molecule has 0 aliphatic carbocycles. The maximum Gasteiger partial charge on any atom is 0.0983 e. The number of nitrogens with one attached hydrogen (secondary N) is 2. The third-order valence-electron chi connectivity index (χ3n) is 2.99. The number of aromatic amines is 1. The first-order valence-corrected chi connectivity index (χ1v) is 6.23. The van der Waals surface area contributed by atoms with Crippen molar-refractivity contribution in [3.8, 4) is 11.3 Å². The van der Waals surface area contributed by atoms with Crippen molar-refractivity contribution < 1.29 is 0 Å². The minimum absolute atomic E-state index is 0.636. The lowest BCUT2D eigenvalue weighted by atomic mass is 10.0. The summed E-state index contributed by atoms with van der Waals surface area (Å²) >= 11 is 12.1. The molecule has 3 rings (SSSR count). The predicted molar refractivity (Wildman–Crippen MR) is 69.5 cm³/mol. The minimum atomic E-state index is 0.636. The predicted octanol–water partition coefficient (Wildman–Crippen LogP) is 3.03. The second-order valence-electron chi connectivity index (χ2n) is 4.08. The average molecular weight is 268 g/mol. The van der Waals surface area contributed by atoms with E-state index in [4.69, 9.17) is 23.2 Å². The molecule has 88 valence electrons. The van der Waals surface area contributed by atoms with Crippen molar-refractivity contribution in [2.24, 2.45) is 0 Å². The van der Waals surface area contributed by atoms with Crippen molar-refractivity contribution in [1.82, 2.24) is 15.5 Å². The molecule has 0 saturated heterocycles. The maximum absolute atomic E-state index is 6.20. The summed E-state index contributed by atoms with van der Waals surface area (Å²) in [6.07, 6.45) is 0.980. The molecule has 1 aliphatic heterocycles. The first-order valence-electron chi connectivity index (χ1n) is 5.48. The Labute approximate surface area is 109 Å². The van der Waals surface area contributed by atoms with Gasteiger partial charge in [-0.05, 0) is 18.2 Å². The van der Waals surface area contributed by atoms with E-state index in [1.165, 1.54) is 11.3 Å². The normalized spacial score (nSPS) is 14.7. The molecule has 2 aromatic rings. The summed E-state index contributed by atoms with van der Waals surface area (Å²) in [4.78, 5) is 0. The van der Waals surface area contributed by atoms with Gasteiger partial charge in [0.05, 0.1) is 10.7 Å². The molecule has 0 spiro atoms. The summed E-state index contributed by atoms with van der Waals surface area (Å²) in [7, 11) is 0. The number of hydrogen-bond acceptors (Lipinski definition) is 2. The number of benzene rings is 1. The lowest BCUT2D eigenvalue weighted by molar-refractivity contribution is 0.637. The molecule has 1 aromatic heterocycles. The summed E-state index contributed by atoms with van der Waals surface area (Å²) in [5, 5.41) is 12.1. The van der Waals surface area contributed by atoms with Crippen molar-refractivity contribution in [2.75, 3.05) is 6.54 Å². The van der Waals surface area contributed by atoms with E-state index in [-0.39, 0.29) is 0 Å². The van der Waals surface area contributed by atoms with E-state index in [1.54, 1.807) is 6.07 Å². The summed E-state index contributed by atoms with van der Waals surface area (Å²) in [5.41, 5.74) is 4.26. The molecule has 0 bridgehead atoms. The van der Waals surface area contributed by atoms with E-state index >= 15 is 0 Å². The van der Waals surface area contributed by atoms with Gasteiger partial charge < -0.3 is 5.32 Å². The van der Waals surface area contributed by atoms with Crippen LogP contribution in [0.4, 0.5) is 0 Å². The van der Waals surface area contributed by atoms with Crippen LogP contribution < -0.4 is 5.32 Å². The zero-order valence-electron chi connectivity index (χ0n) is 9.06. The monoisotopic (exact) mass is 267 g/mol. The molecule has 1 aliphatic rings. The van der Waals surface area contributed by atoms with E-state index in [2.05, 4.69) is 15.5 Å². The van der Waals surface area contributed by atoms with Crippen LogP contribution in [-0.4, -0.2) is 16.7 Å². The summed E-state index contributed by atoms with van der Waals surface area (Å²) in [6, 6.07) is 5.49. The second kappa shape index (κ2) is 4.33. The summed E-state index contributed by atoms with van der Waals surface area (Å²) in [6.45, 7) is 1.82. The zero-order valence-corrected chi connectivity index (χ0v) is 10.6. The zero-order chi connectivity index (χ0) is 11.8. The number of nitrogens with zero attached hydrogens (tertiary/aromatic N) is 1. The summed E-state index contributed by atoms with van der Waals surface area (Å²) < 4.78 is 0. The van der Waals surface area contributed by atoms with Gasteiger partial charge in [0.2, 0.25) is 0 Å². The van der Waals surface area contributed by atoms with Gasteiger partial charge in [0.1, 0.15) is 0 Å². The number of halogens is 2. The number of rotatable bonds is 1. The maximum atomic E-state index is 6.20. The van der Waals surface area contributed by atoms with Crippen molar-refractivity contribution in [3.05, 3.63) is 39.5 Å². The topological polar surface area (TPSA) is 40.7 Å². The fraction of sp³-hybridized carbons (Fsp3) is 0.250. The Morgan fingerprint density at radius 2 is 2.12 bits per heavy atom. The molecule has 2 heterocycles. The van der Waals surface area contributed by atoms with Crippen LogP contribution in [-0.2, 0) is 13.0 Å². The fourth-order valence-corrected chi connectivity index (χ4v) is 2.63. The molecule has 0 amide bonds. The molecule has 2 N–H and O–H groups in total. The highest BCUT2D eigenvalue weighted by molar-refractivity contribution is 6.36. The highest BCUT2D eigenvalue weighted by atomic mass is 35.5. The summed E-state index contributed by atoms with van der Waals surface area (Å²) in [5.74, 6) is 0. The van der Waals surface area contributed by atoms with Gasteiger partial charge in [0.15, 0.2) is 0 Å². The molecule has 3 nitrogen and oxygen atoms in total. The van der Waals surface area contributed by atoms with Crippen LogP contribution in [0.25, 0.3) is 11.3 Å². The average Bonchev–Trinajstić information content (AvgIpc) is 2.73. The van der Waals surface area contributed by atoms with Crippen LogP contribution in [0.15, 0.2) is 18.2 Å². The lowest BCUT2D eigenvalue weighted by Gasteiger charge is -2.13. The van der Waals surface area contributed by atoms with E-state index < -0.39 is 0 Å². The van der Waals surface area contributed by atoms with Gasteiger partial charge in [-0.15, -0.1) is 0 Å². The third kappa shape index (κ3) is 1.95. The molecule has 5 heteroatoms. The number of aromatic nitrogens is 2. The first-order chi connectivity index (χ1) is 8.25. The molecular formula is C12H11Cl2N3. The van der Waals surface area contributed by atoms with Crippen LogP contribution in [0.3, 0.4) is 0 Å². The van der Waals surface area contributed by atoms with Crippen molar-refractivity contribution in [2.45, 2.75) is 13.0 Å². The first kappa shape index (κ1) is 11.1. The van der Waals surface area contributed by atoms with Crippen molar-refractivity contribution in [1.29, 1.82) is 0 Å². The van der Waals surface area contributed by atoms with Gasteiger partial charge in [0.25, 0.3) is 0 Å². The van der Waals surface area contributed by atoms with Gasteiger partial charge >= 0.3 is 0 Å². The largest absolute Gasteiger partial charge is 0.312 e. The number of H-pyrrole nitrogens is 1. The standard InChI is InChI=1S/C12H11Cl2N3/c13-7-1-2-8(10(14)5-7)12-9-6-15-4-3-11(9)16-17-12/h1-2,5,15H,3-4,6H2,(H,16,17). The van der Waals surface area contributed by atoms with Crippen LogP contribution >= 0.6 is 23.2 Å². The molecule has 1 aromatic carbocycles. The number of hydrogen-bond donors (Lipinski definition) is 2. The Bertz CT molecular complexity index is 563. The Morgan fingerprint density at radius 1 is 1.24 bits per heavy atom. The second-order valence-corrected chi connectivity index (χ2v) is 4.92. The van der Waals surface area contributed by atoms with E-state index in [0.29, 0.717) is 10.0 Å². The molecule has 0 fully saturated rings. The van der Waals surface area contributed by atoms with Crippen LogP contribution in [0.2, 0.25) is 10.0 Å². The molecule has 0 unspecified atom stereocenters. The fourth-order valence-electron chi connectivity index (χ4n) is 2.13. The van der Waals surface area contributed by atoms with Crippen LogP contribution in [0.5, 0.6) is 0 Å². The highest BCUT2D eigenvalue weighted by Gasteiger charge is 2.19. The molecule has 17 heavy (non-hydrogen) atoms. The molecule has 0 saturated carbocycles. The van der Waals surface area contributed by atoms with Gasteiger partial charge in [0, 0.05) is 41.4 Å². The van der Waals surface area contributed by atoms with Gasteiger partial charge in [-0.25, -0.2) is 0 Å².